The van der Waals surface area contributed by atoms with E-state index < -0.39 is 15.9 Å². The Hall–Kier alpha value is -2.60. The number of sulfonamides is 1. The van der Waals surface area contributed by atoms with Crippen LogP contribution in [0, 0.1) is 6.92 Å². The van der Waals surface area contributed by atoms with Gasteiger partial charge in [0, 0.05) is 0 Å². The monoisotopic (exact) mass is 343 g/mol. The molecule has 1 unspecified atom stereocenters. The first-order valence-electron chi connectivity index (χ1n) is 7.48. The third-order valence-corrected chi connectivity index (χ3v) is 5.16. The van der Waals surface area contributed by atoms with E-state index in [0.29, 0.717) is 0 Å². The molecular weight excluding hydrogens is 326 g/mol. The predicted octanol–water partition coefficient (Wildman–Crippen LogP) is 2.50. The summed E-state index contributed by atoms with van der Waals surface area (Å²) in [4.78, 5) is 12.5. The molecule has 0 aromatic heterocycles. The van der Waals surface area contributed by atoms with E-state index in [1.807, 2.05) is 31.2 Å². The molecule has 5 nitrogen and oxygen atoms in total. The highest BCUT2D eigenvalue weighted by Gasteiger charge is 2.33. The lowest BCUT2D eigenvalue weighted by Gasteiger charge is -2.05. The summed E-state index contributed by atoms with van der Waals surface area (Å²) in [7, 11) is -3.72. The number of ketones is 1. The van der Waals surface area contributed by atoms with Crippen molar-refractivity contribution < 1.29 is 17.9 Å². The molecule has 1 saturated heterocycles. The third-order valence-electron chi connectivity index (χ3n) is 3.84. The number of allylic oxidation sites excluding steroid dienone is 1. The van der Waals surface area contributed by atoms with Gasteiger partial charge in [-0.25, -0.2) is 8.42 Å². The van der Waals surface area contributed by atoms with Gasteiger partial charge in [-0.1, -0.05) is 48.0 Å². The van der Waals surface area contributed by atoms with Crippen LogP contribution in [0.1, 0.15) is 17.0 Å². The molecule has 0 amide bonds. The first-order valence-corrected chi connectivity index (χ1v) is 8.97. The van der Waals surface area contributed by atoms with E-state index >= 15 is 0 Å². The van der Waals surface area contributed by atoms with Crippen molar-refractivity contribution in [1.82, 2.24) is 4.72 Å². The van der Waals surface area contributed by atoms with Gasteiger partial charge in [0.05, 0.1) is 17.0 Å². The number of aryl methyl sites for hydroxylation is 1. The molecule has 1 heterocycles. The van der Waals surface area contributed by atoms with E-state index in [-0.39, 0.29) is 23.0 Å². The maximum Gasteiger partial charge on any atom is 0.261 e. The second kappa shape index (κ2) is 6.49. The van der Waals surface area contributed by atoms with Gasteiger partial charge in [0.1, 0.15) is 6.61 Å². The van der Waals surface area contributed by atoms with Crippen LogP contribution in [0.4, 0.5) is 0 Å². The molecular formula is C18H17NO4S. The average molecular weight is 343 g/mol. The molecule has 2 aromatic rings. The fourth-order valence-corrected chi connectivity index (χ4v) is 3.36. The summed E-state index contributed by atoms with van der Waals surface area (Å²) in [5.74, 6) is -0.604. The third kappa shape index (κ3) is 3.33. The second-order valence-electron chi connectivity index (χ2n) is 5.58. The van der Waals surface area contributed by atoms with Crippen LogP contribution in [0.15, 0.2) is 71.5 Å². The van der Waals surface area contributed by atoms with Crippen molar-refractivity contribution in [2.45, 2.75) is 17.7 Å². The molecule has 0 spiro atoms. The van der Waals surface area contributed by atoms with Gasteiger partial charge in [0.2, 0.25) is 5.78 Å². The molecule has 1 N–H and O–H groups in total. The zero-order valence-corrected chi connectivity index (χ0v) is 13.9. The van der Waals surface area contributed by atoms with Gasteiger partial charge >= 0.3 is 0 Å². The first-order chi connectivity index (χ1) is 11.5. The van der Waals surface area contributed by atoms with Gasteiger partial charge in [-0.15, -0.1) is 0 Å². The molecule has 3 rings (SSSR count). The van der Waals surface area contributed by atoms with Crippen LogP contribution >= 0.6 is 0 Å². The minimum atomic E-state index is -3.72. The lowest BCUT2D eigenvalue weighted by Crippen LogP contribution is -2.19. The molecule has 1 fully saturated rings. The maximum absolute atomic E-state index is 12.4. The Labute approximate surface area is 141 Å². The molecule has 24 heavy (non-hydrogen) atoms. The fourth-order valence-electron chi connectivity index (χ4n) is 2.45. The number of ether oxygens (including phenoxy) is 1. The predicted molar refractivity (Wildman–Crippen MR) is 89.7 cm³/mol. The summed E-state index contributed by atoms with van der Waals surface area (Å²) >= 11 is 0. The molecule has 1 aliphatic rings. The minimum Gasteiger partial charge on any atom is -0.487 e. The number of benzene rings is 2. The van der Waals surface area contributed by atoms with Gasteiger partial charge in [-0.2, -0.15) is 0 Å². The van der Waals surface area contributed by atoms with Crippen molar-refractivity contribution in [2.24, 2.45) is 0 Å². The van der Waals surface area contributed by atoms with E-state index in [1.54, 1.807) is 18.2 Å². The Morgan fingerprint density at radius 1 is 1.08 bits per heavy atom. The van der Waals surface area contributed by atoms with E-state index in [2.05, 4.69) is 4.72 Å². The average Bonchev–Trinajstić information content (AvgIpc) is 2.95. The molecule has 0 radical (unpaired) electrons. The van der Waals surface area contributed by atoms with E-state index in [9.17, 15) is 13.2 Å². The molecule has 1 aliphatic heterocycles. The van der Waals surface area contributed by atoms with E-state index in [0.717, 1.165) is 17.3 Å². The van der Waals surface area contributed by atoms with Crippen LogP contribution in [0.3, 0.4) is 0 Å². The number of rotatable bonds is 4. The molecule has 0 aliphatic carbocycles. The summed E-state index contributed by atoms with van der Waals surface area (Å²) in [6.45, 7) is 2.18. The molecule has 2 aromatic carbocycles. The second-order valence-corrected chi connectivity index (χ2v) is 7.30. The van der Waals surface area contributed by atoms with Crippen molar-refractivity contribution in [3.8, 4) is 0 Å². The Bertz CT molecular complexity index is 871. The Morgan fingerprint density at radius 2 is 1.75 bits per heavy atom. The maximum atomic E-state index is 12.4. The molecule has 0 bridgehead atoms. The number of carbonyl (C=O) groups is 1. The van der Waals surface area contributed by atoms with E-state index in [1.165, 1.54) is 12.1 Å². The number of hydrogen-bond donors (Lipinski definition) is 1. The molecule has 6 heteroatoms. The largest absolute Gasteiger partial charge is 0.487 e. The van der Waals surface area contributed by atoms with Crippen LogP contribution in [0.25, 0.3) is 0 Å². The van der Waals surface area contributed by atoms with Crippen LogP contribution in [0.5, 0.6) is 0 Å². The van der Waals surface area contributed by atoms with Crippen LogP contribution in [-0.4, -0.2) is 20.8 Å². The number of carbonyl (C=O) groups excluding carboxylic acids is 1. The highest BCUT2D eigenvalue weighted by molar-refractivity contribution is 7.89. The highest BCUT2D eigenvalue weighted by Crippen LogP contribution is 2.28. The number of Topliss-reactive ketones (excluding diaryl/α,β-unsaturated/α-hetero) is 1. The summed E-state index contributed by atoms with van der Waals surface area (Å²) in [6, 6.07) is 15.6. The van der Waals surface area contributed by atoms with Gasteiger partial charge in [-0.05, 0) is 24.6 Å². The zero-order valence-electron chi connectivity index (χ0n) is 13.1. The van der Waals surface area contributed by atoms with Crippen molar-refractivity contribution in [1.29, 1.82) is 0 Å². The summed E-state index contributed by atoms with van der Waals surface area (Å²) in [5, 5.41) is 0. The van der Waals surface area contributed by atoms with Crippen LogP contribution < -0.4 is 4.72 Å². The lowest BCUT2D eigenvalue weighted by molar-refractivity contribution is -0.116. The smallest absolute Gasteiger partial charge is 0.261 e. The van der Waals surface area contributed by atoms with Crippen molar-refractivity contribution in [3.63, 3.8) is 0 Å². The summed E-state index contributed by atoms with van der Waals surface area (Å²) in [5.41, 5.74) is 1.97. The SMILES string of the molecule is Cc1ccc(C2COC(=CNS(=O)(=O)c3ccccc3)C2=O)cc1. The van der Waals surface area contributed by atoms with Crippen molar-refractivity contribution >= 4 is 15.8 Å². The Morgan fingerprint density at radius 3 is 2.42 bits per heavy atom. The van der Waals surface area contributed by atoms with Crippen LogP contribution in [0.2, 0.25) is 0 Å². The molecule has 0 saturated carbocycles. The fraction of sp³-hybridized carbons (Fsp3) is 0.167. The number of hydrogen-bond acceptors (Lipinski definition) is 4. The van der Waals surface area contributed by atoms with Gasteiger partial charge in [0.15, 0.2) is 5.76 Å². The summed E-state index contributed by atoms with van der Waals surface area (Å²) < 4.78 is 32.0. The van der Waals surface area contributed by atoms with Gasteiger partial charge < -0.3 is 4.74 Å². The Balaban J connectivity index is 1.75. The van der Waals surface area contributed by atoms with E-state index in [4.69, 9.17) is 4.74 Å². The Kier molecular flexibility index (Phi) is 4.40. The number of nitrogens with one attached hydrogen (secondary N) is 1. The minimum absolute atomic E-state index is 0.0279. The first kappa shape index (κ1) is 16.3. The standard InChI is InChI=1S/C18H17NO4S/c1-13-7-9-14(10-8-13)16-12-23-17(18(16)20)11-19-24(21,22)15-5-3-2-4-6-15/h2-11,16,19H,12H2,1H3. The highest BCUT2D eigenvalue weighted by atomic mass is 32.2. The van der Waals surface area contributed by atoms with Crippen molar-refractivity contribution in [2.75, 3.05) is 6.61 Å². The molecule has 1 atom stereocenters. The topological polar surface area (TPSA) is 72.5 Å². The zero-order chi connectivity index (χ0) is 17.2. The quantitative estimate of drug-likeness (QED) is 0.866. The molecule has 124 valence electrons. The summed E-state index contributed by atoms with van der Waals surface area (Å²) in [6.07, 6.45) is 1.12. The van der Waals surface area contributed by atoms with Crippen molar-refractivity contribution in [3.05, 3.63) is 77.7 Å². The van der Waals surface area contributed by atoms with Gasteiger partial charge in [0.25, 0.3) is 10.0 Å². The van der Waals surface area contributed by atoms with Crippen LogP contribution in [-0.2, 0) is 19.6 Å². The normalized spacial score (nSPS) is 19.3. The van der Waals surface area contributed by atoms with Gasteiger partial charge in [-0.3, -0.25) is 9.52 Å². The lowest BCUT2D eigenvalue weighted by atomic mass is 9.96.